The van der Waals surface area contributed by atoms with Gasteiger partial charge in [-0.25, -0.2) is 9.78 Å². The first-order valence-corrected chi connectivity index (χ1v) is 10.3. The molecule has 158 valence electrons. The molecule has 0 aromatic carbocycles. The van der Waals surface area contributed by atoms with Crippen molar-refractivity contribution in [2.75, 3.05) is 26.2 Å². The van der Waals surface area contributed by atoms with Gasteiger partial charge in [-0.2, -0.15) is 0 Å². The average molecular weight is 401 g/mol. The number of carbonyl (C=O) groups is 1. The van der Waals surface area contributed by atoms with Gasteiger partial charge in [-0.3, -0.25) is 4.99 Å². The Morgan fingerprint density at radius 2 is 2.21 bits per heavy atom. The molecule has 1 saturated heterocycles. The fourth-order valence-electron chi connectivity index (χ4n) is 3.35. The lowest BCUT2D eigenvalue weighted by molar-refractivity contribution is 0.0507. The minimum atomic E-state index is -0.489. The number of guanidine groups is 1. The first-order valence-electron chi connectivity index (χ1n) is 10.3. The third kappa shape index (κ3) is 6.10. The lowest BCUT2D eigenvalue weighted by Crippen LogP contribution is -2.44. The molecule has 1 aliphatic heterocycles. The maximum Gasteiger partial charge on any atom is 0.407 e. The van der Waals surface area contributed by atoms with E-state index in [1.54, 1.807) is 0 Å². The van der Waals surface area contributed by atoms with Crippen LogP contribution in [0.25, 0.3) is 5.65 Å². The number of aromatic nitrogens is 2. The number of hydrogen-bond donors (Lipinski definition) is 2. The van der Waals surface area contributed by atoms with Crippen molar-refractivity contribution in [3.8, 4) is 0 Å². The Bertz CT molecular complexity index is 821. The highest BCUT2D eigenvalue weighted by Crippen LogP contribution is 2.12. The maximum absolute atomic E-state index is 12.0. The summed E-state index contributed by atoms with van der Waals surface area (Å²) in [6, 6.07) is 6.04. The summed E-state index contributed by atoms with van der Waals surface area (Å²) in [6.07, 6.45) is 5.34. The smallest absolute Gasteiger partial charge is 0.407 e. The van der Waals surface area contributed by atoms with Crippen LogP contribution in [0.3, 0.4) is 0 Å². The number of pyridine rings is 1. The Labute approximate surface area is 172 Å². The SMILES string of the molecule is CCNC(=NCCc1cn2ccccc2n1)N1CCC(NC(=O)OC(C)(C)C)C1. The maximum atomic E-state index is 12.0. The van der Waals surface area contributed by atoms with Crippen molar-refractivity contribution < 1.29 is 9.53 Å². The van der Waals surface area contributed by atoms with Crippen molar-refractivity contribution in [1.29, 1.82) is 0 Å². The molecule has 1 unspecified atom stereocenters. The van der Waals surface area contributed by atoms with Crippen molar-refractivity contribution in [1.82, 2.24) is 24.9 Å². The van der Waals surface area contributed by atoms with E-state index in [1.165, 1.54) is 0 Å². The summed E-state index contributed by atoms with van der Waals surface area (Å²) in [4.78, 5) is 23.6. The molecule has 0 spiro atoms. The second-order valence-corrected chi connectivity index (χ2v) is 8.26. The van der Waals surface area contributed by atoms with Crippen LogP contribution in [0.2, 0.25) is 0 Å². The molecule has 0 aliphatic carbocycles. The molecule has 8 heteroatoms. The minimum Gasteiger partial charge on any atom is -0.444 e. The molecule has 0 radical (unpaired) electrons. The van der Waals surface area contributed by atoms with E-state index in [2.05, 4.69) is 33.6 Å². The Morgan fingerprint density at radius 3 is 2.93 bits per heavy atom. The summed E-state index contributed by atoms with van der Waals surface area (Å²) < 4.78 is 7.38. The number of ether oxygens (including phenoxy) is 1. The van der Waals surface area contributed by atoms with Crippen LogP contribution in [-0.4, -0.2) is 64.2 Å². The fraction of sp³-hybridized carbons (Fsp3) is 0.571. The molecule has 1 aliphatic rings. The lowest BCUT2D eigenvalue weighted by atomic mass is 10.2. The van der Waals surface area contributed by atoms with E-state index in [4.69, 9.17) is 9.73 Å². The molecule has 3 rings (SSSR count). The molecule has 1 amide bonds. The number of nitrogens with one attached hydrogen (secondary N) is 2. The molecule has 3 heterocycles. The van der Waals surface area contributed by atoms with E-state index in [9.17, 15) is 4.79 Å². The summed E-state index contributed by atoms with van der Waals surface area (Å²) in [5.74, 6) is 0.879. The fourth-order valence-corrected chi connectivity index (χ4v) is 3.35. The zero-order valence-corrected chi connectivity index (χ0v) is 17.8. The van der Waals surface area contributed by atoms with Crippen LogP contribution in [0, 0.1) is 0 Å². The van der Waals surface area contributed by atoms with Gasteiger partial charge in [0, 0.05) is 45.0 Å². The topological polar surface area (TPSA) is 83.3 Å². The summed E-state index contributed by atoms with van der Waals surface area (Å²) in [6.45, 7) is 10.7. The Hall–Kier alpha value is -2.77. The van der Waals surface area contributed by atoms with Gasteiger partial charge in [0.15, 0.2) is 5.96 Å². The number of carbonyl (C=O) groups excluding carboxylic acids is 1. The van der Waals surface area contributed by atoms with E-state index in [0.717, 1.165) is 49.8 Å². The lowest BCUT2D eigenvalue weighted by Gasteiger charge is -2.23. The standard InChI is InChI=1S/C21H32N6O2/c1-5-22-19(23-11-9-16-14-26-12-7-6-8-18(26)24-16)27-13-10-17(15-27)25-20(28)29-21(2,3)4/h6-8,12,14,17H,5,9-11,13,15H2,1-4H3,(H,22,23)(H,25,28). The van der Waals surface area contributed by atoms with Gasteiger partial charge in [0.25, 0.3) is 0 Å². The van der Waals surface area contributed by atoms with Crippen LogP contribution < -0.4 is 10.6 Å². The zero-order valence-electron chi connectivity index (χ0n) is 17.8. The monoisotopic (exact) mass is 400 g/mol. The van der Waals surface area contributed by atoms with E-state index in [0.29, 0.717) is 6.54 Å². The summed E-state index contributed by atoms with van der Waals surface area (Å²) in [5, 5.41) is 6.32. The highest BCUT2D eigenvalue weighted by Gasteiger charge is 2.27. The Balaban J connectivity index is 1.54. The van der Waals surface area contributed by atoms with Crippen molar-refractivity contribution >= 4 is 17.7 Å². The molecule has 2 N–H and O–H groups in total. The number of fused-ring (bicyclic) bond motifs is 1. The molecular weight excluding hydrogens is 368 g/mol. The summed E-state index contributed by atoms with van der Waals surface area (Å²) in [7, 11) is 0. The average Bonchev–Trinajstić information content (AvgIpc) is 3.25. The van der Waals surface area contributed by atoms with E-state index < -0.39 is 5.60 Å². The highest BCUT2D eigenvalue weighted by molar-refractivity contribution is 5.80. The van der Waals surface area contributed by atoms with Crippen LogP contribution in [-0.2, 0) is 11.2 Å². The van der Waals surface area contributed by atoms with Gasteiger partial charge < -0.3 is 24.7 Å². The number of amides is 1. The molecule has 0 saturated carbocycles. The van der Waals surface area contributed by atoms with Crippen LogP contribution in [0.4, 0.5) is 4.79 Å². The minimum absolute atomic E-state index is 0.0622. The number of hydrogen-bond acceptors (Lipinski definition) is 4. The second kappa shape index (κ2) is 9.15. The number of likely N-dealkylation sites (tertiary alicyclic amines) is 1. The molecule has 2 aromatic heterocycles. The van der Waals surface area contributed by atoms with Crippen LogP contribution in [0.1, 0.15) is 39.8 Å². The largest absolute Gasteiger partial charge is 0.444 e. The molecule has 29 heavy (non-hydrogen) atoms. The van der Waals surface area contributed by atoms with Gasteiger partial charge in [0.1, 0.15) is 11.2 Å². The van der Waals surface area contributed by atoms with E-state index >= 15 is 0 Å². The number of aliphatic imine (C=N–C) groups is 1. The van der Waals surface area contributed by atoms with Crippen LogP contribution in [0.15, 0.2) is 35.6 Å². The predicted molar refractivity (Wildman–Crippen MR) is 114 cm³/mol. The van der Waals surface area contributed by atoms with Crippen LogP contribution in [0.5, 0.6) is 0 Å². The number of nitrogens with zero attached hydrogens (tertiary/aromatic N) is 4. The van der Waals surface area contributed by atoms with Gasteiger partial charge in [-0.1, -0.05) is 6.07 Å². The second-order valence-electron chi connectivity index (χ2n) is 8.26. The van der Waals surface area contributed by atoms with Gasteiger partial charge in [-0.15, -0.1) is 0 Å². The van der Waals surface area contributed by atoms with Gasteiger partial charge in [0.05, 0.1) is 11.7 Å². The first-order chi connectivity index (χ1) is 13.8. The number of imidazole rings is 1. The zero-order chi connectivity index (χ0) is 20.9. The van der Waals surface area contributed by atoms with Crippen molar-refractivity contribution in [3.05, 3.63) is 36.3 Å². The molecule has 1 fully saturated rings. The van der Waals surface area contributed by atoms with Crippen molar-refractivity contribution in [2.24, 2.45) is 4.99 Å². The van der Waals surface area contributed by atoms with Gasteiger partial charge in [-0.05, 0) is 46.2 Å². The Morgan fingerprint density at radius 1 is 1.38 bits per heavy atom. The predicted octanol–water partition coefficient (Wildman–Crippen LogP) is 2.44. The quantitative estimate of drug-likeness (QED) is 0.595. The molecule has 1 atom stereocenters. The molecule has 2 aromatic rings. The molecular formula is C21H32N6O2. The van der Waals surface area contributed by atoms with E-state index in [1.807, 2.05) is 49.6 Å². The summed E-state index contributed by atoms with van der Waals surface area (Å²) >= 11 is 0. The van der Waals surface area contributed by atoms with Gasteiger partial charge >= 0.3 is 6.09 Å². The highest BCUT2D eigenvalue weighted by atomic mass is 16.6. The number of rotatable bonds is 5. The normalized spacial score (nSPS) is 17.6. The summed E-state index contributed by atoms with van der Waals surface area (Å²) in [5.41, 5.74) is 1.49. The Kier molecular flexibility index (Phi) is 6.61. The third-order valence-corrected chi connectivity index (χ3v) is 4.59. The number of alkyl carbamates (subject to hydrolysis) is 1. The van der Waals surface area contributed by atoms with Crippen molar-refractivity contribution in [3.63, 3.8) is 0 Å². The molecule has 8 nitrogen and oxygen atoms in total. The van der Waals surface area contributed by atoms with Crippen LogP contribution >= 0.6 is 0 Å². The van der Waals surface area contributed by atoms with Gasteiger partial charge in [0.2, 0.25) is 0 Å². The molecule has 0 bridgehead atoms. The van der Waals surface area contributed by atoms with Crippen molar-refractivity contribution in [2.45, 2.75) is 52.2 Å². The first kappa shape index (κ1) is 21.0. The third-order valence-electron chi connectivity index (χ3n) is 4.59. The van der Waals surface area contributed by atoms with E-state index in [-0.39, 0.29) is 12.1 Å².